The number of hydrogen-bond acceptors (Lipinski definition) is 6. The minimum atomic E-state index is -0.478. The topological polar surface area (TPSA) is 73.9 Å². The summed E-state index contributed by atoms with van der Waals surface area (Å²) in [6.45, 7) is 8.85. The number of rotatable bonds is 3. The highest BCUT2D eigenvalue weighted by Crippen LogP contribution is 2.23. The van der Waals surface area contributed by atoms with Crippen LogP contribution < -0.4 is 9.80 Å². The van der Waals surface area contributed by atoms with Crippen molar-refractivity contribution in [3.05, 3.63) is 58.9 Å². The van der Waals surface area contributed by atoms with Crippen LogP contribution in [-0.4, -0.2) is 45.9 Å². The van der Waals surface area contributed by atoms with Gasteiger partial charge in [-0.25, -0.2) is 19.0 Å². The number of benzene rings is 1. The van der Waals surface area contributed by atoms with Crippen molar-refractivity contribution >= 4 is 11.5 Å². The molecule has 0 atom stereocenters. The van der Waals surface area contributed by atoms with Gasteiger partial charge in [-0.3, -0.25) is 0 Å². The van der Waals surface area contributed by atoms with Crippen molar-refractivity contribution in [1.29, 1.82) is 5.26 Å². The molecule has 3 aromatic rings. The van der Waals surface area contributed by atoms with E-state index in [4.69, 9.17) is 5.26 Å². The summed E-state index contributed by atoms with van der Waals surface area (Å²) >= 11 is 0. The van der Waals surface area contributed by atoms with Crippen molar-refractivity contribution in [2.75, 3.05) is 36.0 Å². The van der Waals surface area contributed by atoms with E-state index < -0.39 is 5.82 Å². The predicted octanol–water partition coefficient (Wildman–Crippen LogP) is 2.92. The third-order valence-electron chi connectivity index (χ3n) is 5.08. The monoisotopic (exact) mass is 391 g/mol. The van der Waals surface area contributed by atoms with E-state index in [0.717, 1.165) is 54.9 Å². The second kappa shape index (κ2) is 7.51. The zero-order chi connectivity index (χ0) is 20.5. The van der Waals surface area contributed by atoms with Gasteiger partial charge in [-0.15, -0.1) is 0 Å². The van der Waals surface area contributed by atoms with Crippen molar-refractivity contribution in [3.8, 4) is 11.9 Å². The lowest BCUT2D eigenvalue weighted by Gasteiger charge is -2.36. The summed E-state index contributed by atoms with van der Waals surface area (Å²) in [4.78, 5) is 13.5. The number of aryl methyl sites for hydroxylation is 3. The average Bonchev–Trinajstić information content (AvgIpc) is 3.05. The van der Waals surface area contributed by atoms with Crippen LogP contribution in [0, 0.1) is 37.9 Å². The highest BCUT2D eigenvalue weighted by Gasteiger charge is 2.20. The summed E-state index contributed by atoms with van der Waals surface area (Å²) in [5, 5.41) is 13.4. The molecule has 2 aromatic heterocycles. The lowest BCUT2D eigenvalue weighted by Crippen LogP contribution is -2.47. The first-order valence-corrected chi connectivity index (χ1v) is 9.53. The van der Waals surface area contributed by atoms with Crippen molar-refractivity contribution in [1.82, 2.24) is 19.7 Å². The summed E-state index contributed by atoms with van der Waals surface area (Å²) < 4.78 is 15.8. The van der Waals surface area contributed by atoms with Crippen molar-refractivity contribution in [2.45, 2.75) is 20.8 Å². The van der Waals surface area contributed by atoms with E-state index in [1.165, 1.54) is 12.1 Å². The van der Waals surface area contributed by atoms with E-state index in [9.17, 15) is 4.39 Å². The van der Waals surface area contributed by atoms with Gasteiger partial charge >= 0.3 is 0 Å². The lowest BCUT2D eigenvalue weighted by atomic mass is 10.2. The van der Waals surface area contributed by atoms with Crippen LogP contribution in [0.3, 0.4) is 0 Å². The quantitative estimate of drug-likeness (QED) is 0.684. The Kier molecular flexibility index (Phi) is 4.89. The van der Waals surface area contributed by atoms with Gasteiger partial charge in [0.2, 0.25) is 0 Å². The van der Waals surface area contributed by atoms with E-state index in [2.05, 4.69) is 24.9 Å². The minimum Gasteiger partial charge on any atom is -0.368 e. The number of aromatic nitrogens is 4. The molecule has 3 heterocycles. The maximum Gasteiger partial charge on any atom is 0.159 e. The number of halogens is 1. The predicted molar refractivity (Wildman–Crippen MR) is 109 cm³/mol. The van der Waals surface area contributed by atoms with Crippen molar-refractivity contribution in [2.24, 2.45) is 0 Å². The fraction of sp³-hybridized carbons (Fsp3) is 0.333. The maximum atomic E-state index is 13.9. The summed E-state index contributed by atoms with van der Waals surface area (Å²) in [5.74, 6) is 1.84. The van der Waals surface area contributed by atoms with Crippen LogP contribution >= 0.6 is 0 Å². The normalized spacial score (nSPS) is 14.2. The average molecular weight is 391 g/mol. The molecular formula is C21H22FN7. The van der Waals surface area contributed by atoms with Gasteiger partial charge in [0.25, 0.3) is 0 Å². The molecule has 0 saturated carbocycles. The third-order valence-corrected chi connectivity index (χ3v) is 5.08. The molecule has 0 bridgehead atoms. The van der Waals surface area contributed by atoms with E-state index in [1.54, 1.807) is 6.07 Å². The molecule has 0 radical (unpaired) electrons. The highest BCUT2D eigenvalue weighted by molar-refractivity contribution is 5.53. The Morgan fingerprint density at radius 1 is 0.931 bits per heavy atom. The van der Waals surface area contributed by atoms with Crippen molar-refractivity contribution < 1.29 is 4.39 Å². The fourth-order valence-electron chi connectivity index (χ4n) is 3.65. The van der Waals surface area contributed by atoms with Gasteiger partial charge in [0.05, 0.1) is 11.3 Å². The first kappa shape index (κ1) is 18.9. The standard InChI is InChI=1S/C21H22FN7/c1-14-10-15(2)29(26-14)21-12-20(24-16(3)25-21)28-8-6-27(7-9-28)18-5-4-17(13-23)19(22)11-18/h4-5,10-12H,6-9H2,1-3H3. The maximum absolute atomic E-state index is 13.9. The number of anilines is 2. The molecule has 4 rings (SSSR count). The molecule has 1 aliphatic heterocycles. The molecular weight excluding hydrogens is 369 g/mol. The molecule has 0 amide bonds. The van der Waals surface area contributed by atoms with Crippen LogP contribution in [0.5, 0.6) is 0 Å². The molecule has 29 heavy (non-hydrogen) atoms. The second-order valence-corrected chi connectivity index (χ2v) is 7.22. The van der Waals surface area contributed by atoms with Gasteiger partial charge in [0, 0.05) is 43.6 Å². The van der Waals surface area contributed by atoms with Crippen LogP contribution in [0.1, 0.15) is 22.8 Å². The zero-order valence-electron chi connectivity index (χ0n) is 16.7. The first-order chi connectivity index (χ1) is 13.9. The molecule has 1 saturated heterocycles. The molecule has 8 heteroatoms. The number of nitriles is 1. The fourth-order valence-corrected chi connectivity index (χ4v) is 3.65. The van der Waals surface area contributed by atoms with E-state index in [-0.39, 0.29) is 5.56 Å². The number of piperazine rings is 1. The molecule has 0 aliphatic carbocycles. The lowest BCUT2D eigenvalue weighted by molar-refractivity contribution is 0.616. The number of nitrogens with zero attached hydrogens (tertiary/aromatic N) is 7. The van der Waals surface area contributed by atoms with E-state index in [1.807, 2.05) is 43.7 Å². The second-order valence-electron chi connectivity index (χ2n) is 7.22. The van der Waals surface area contributed by atoms with Crippen LogP contribution in [0.2, 0.25) is 0 Å². The minimum absolute atomic E-state index is 0.0699. The van der Waals surface area contributed by atoms with Crippen LogP contribution in [0.25, 0.3) is 5.82 Å². The van der Waals surface area contributed by atoms with Crippen LogP contribution in [0.4, 0.5) is 15.9 Å². The molecule has 148 valence electrons. The Hall–Kier alpha value is -3.47. The summed E-state index contributed by atoms with van der Waals surface area (Å²) in [7, 11) is 0. The molecule has 0 N–H and O–H groups in total. The Labute approximate surface area is 169 Å². The van der Waals surface area contributed by atoms with Gasteiger partial charge < -0.3 is 9.80 Å². The molecule has 1 aliphatic rings. The SMILES string of the molecule is Cc1cc(C)n(-c2cc(N3CCN(c4ccc(C#N)c(F)c4)CC3)nc(C)n2)n1. The molecule has 0 spiro atoms. The Morgan fingerprint density at radius 3 is 2.24 bits per heavy atom. The van der Waals surface area contributed by atoms with Gasteiger partial charge in [-0.1, -0.05) is 0 Å². The van der Waals surface area contributed by atoms with Gasteiger partial charge in [0.1, 0.15) is 23.5 Å². The van der Waals surface area contributed by atoms with Gasteiger partial charge in [0.15, 0.2) is 5.82 Å². The van der Waals surface area contributed by atoms with Gasteiger partial charge in [-0.05, 0) is 45.0 Å². The van der Waals surface area contributed by atoms with Crippen LogP contribution in [-0.2, 0) is 0 Å². The third kappa shape index (κ3) is 3.76. The van der Waals surface area contributed by atoms with Gasteiger partial charge in [-0.2, -0.15) is 10.4 Å². The first-order valence-electron chi connectivity index (χ1n) is 9.53. The Morgan fingerprint density at radius 2 is 1.62 bits per heavy atom. The largest absolute Gasteiger partial charge is 0.368 e. The van der Waals surface area contributed by atoms with Crippen LogP contribution in [0.15, 0.2) is 30.3 Å². The highest BCUT2D eigenvalue weighted by atomic mass is 19.1. The molecule has 7 nitrogen and oxygen atoms in total. The zero-order valence-corrected chi connectivity index (χ0v) is 16.7. The Balaban J connectivity index is 1.52. The summed E-state index contributed by atoms with van der Waals surface area (Å²) in [5.41, 5.74) is 2.84. The van der Waals surface area contributed by atoms with Crippen molar-refractivity contribution in [3.63, 3.8) is 0 Å². The molecule has 1 fully saturated rings. The smallest absolute Gasteiger partial charge is 0.159 e. The summed E-state index contributed by atoms with van der Waals surface area (Å²) in [6, 6.07) is 10.6. The van der Waals surface area contributed by atoms with E-state index in [0.29, 0.717) is 5.82 Å². The molecule has 0 unspecified atom stereocenters. The number of hydrogen-bond donors (Lipinski definition) is 0. The van der Waals surface area contributed by atoms with E-state index >= 15 is 0 Å². The Bertz CT molecular complexity index is 1090. The molecule has 1 aromatic carbocycles. The summed E-state index contributed by atoms with van der Waals surface area (Å²) in [6.07, 6.45) is 0.